The standard InChI is InChI=1S/C13H16NO2.BrH/c1-10-6-7-14(8-11(16)9-15)13-5-3-2-4-12(10)13;/h2-7,11,15-16H,8-9H2,1H3;1H/q+1;/p-1. The molecule has 0 bridgehead atoms. The zero-order valence-electron chi connectivity index (χ0n) is 9.68. The lowest BCUT2D eigenvalue weighted by Gasteiger charge is -2.06. The number of rotatable bonds is 3. The van der Waals surface area contributed by atoms with Crippen molar-refractivity contribution in [3.05, 3.63) is 42.1 Å². The number of fused-ring (bicyclic) bond motifs is 1. The fourth-order valence-electron chi connectivity index (χ4n) is 1.87. The summed E-state index contributed by atoms with van der Waals surface area (Å²) in [5, 5.41) is 19.5. The van der Waals surface area contributed by atoms with Crippen LogP contribution in [0.2, 0.25) is 0 Å². The zero-order chi connectivity index (χ0) is 11.5. The van der Waals surface area contributed by atoms with Gasteiger partial charge in [0.05, 0.1) is 6.61 Å². The first-order chi connectivity index (χ1) is 7.72. The monoisotopic (exact) mass is 297 g/mol. The molecule has 1 heterocycles. The van der Waals surface area contributed by atoms with Gasteiger partial charge in [-0.25, -0.2) is 0 Å². The van der Waals surface area contributed by atoms with Gasteiger partial charge >= 0.3 is 0 Å². The normalized spacial score (nSPS) is 12.2. The van der Waals surface area contributed by atoms with Crippen LogP contribution in [0.5, 0.6) is 0 Å². The van der Waals surface area contributed by atoms with Crippen LogP contribution in [0, 0.1) is 6.92 Å². The first-order valence-corrected chi connectivity index (χ1v) is 5.39. The average molecular weight is 298 g/mol. The van der Waals surface area contributed by atoms with E-state index in [4.69, 9.17) is 5.11 Å². The first-order valence-electron chi connectivity index (χ1n) is 5.39. The van der Waals surface area contributed by atoms with Gasteiger partial charge in [-0.05, 0) is 18.6 Å². The minimum absolute atomic E-state index is 0. The summed E-state index contributed by atoms with van der Waals surface area (Å²) >= 11 is 0. The molecule has 0 spiro atoms. The van der Waals surface area contributed by atoms with E-state index in [1.165, 1.54) is 10.9 Å². The molecule has 4 heteroatoms. The fourth-order valence-corrected chi connectivity index (χ4v) is 1.87. The molecule has 0 saturated heterocycles. The summed E-state index contributed by atoms with van der Waals surface area (Å²) in [7, 11) is 0. The van der Waals surface area contributed by atoms with Crippen LogP contribution in [0.3, 0.4) is 0 Å². The summed E-state index contributed by atoms with van der Waals surface area (Å²) in [6.45, 7) is 2.27. The quantitative estimate of drug-likeness (QED) is 0.631. The molecule has 0 aliphatic rings. The number of hydrogen-bond donors (Lipinski definition) is 2. The van der Waals surface area contributed by atoms with Crippen LogP contribution in [-0.2, 0) is 6.54 Å². The molecule has 0 saturated carbocycles. The number of halogens is 1. The van der Waals surface area contributed by atoms with Crippen molar-refractivity contribution in [3.8, 4) is 0 Å². The molecule has 2 N–H and O–H groups in total. The van der Waals surface area contributed by atoms with Gasteiger partial charge in [-0.3, -0.25) is 0 Å². The van der Waals surface area contributed by atoms with E-state index in [1.54, 1.807) is 0 Å². The SMILES string of the molecule is Cc1cc[n+](CC(O)CO)c2ccccc12.[Br-]. The van der Waals surface area contributed by atoms with Gasteiger partial charge in [0.25, 0.3) is 0 Å². The highest BCUT2D eigenvalue weighted by molar-refractivity contribution is 5.78. The number of aliphatic hydroxyl groups excluding tert-OH is 2. The molecule has 92 valence electrons. The van der Waals surface area contributed by atoms with E-state index in [0.29, 0.717) is 6.54 Å². The number of pyridine rings is 1. The summed E-state index contributed by atoms with van der Waals surface area (Å²) < 4.78 is 1.96. The molecule has 1 unspecified atom stereocenters. The number of aryl methyl sites for hydroxylation is 1. The van der Waals surface area contributed by atoms with E-state index in [9.17, 15) is 5.11 Å². The van der Waals surface area contributed by atoms with Crippen LogP contribution in [0.15, 0.2) is 36.5 Å². The molecule has 0 aliphatic carbocycles. The minimum Gasteiger partial charge on any atom is -1.00 e. The van der Waals surface area contributed by atoms with Crippen LogP contribution in [0.1, 0.15) is 5.56 Å². The van der Waals surface area contributed by atoms with Crippen molar-refractivity contribution >= 4 is 10.9 Å². The Morgan fingerprint density at radius 1 is 1.24 bits per heavy atom. The number of benzene rings is 1. The Labute approximate surface area is 111 Å². The van der Waals surface area contributed by atoms with E-state index in [2.05, 4.69) is 13.0 Å². The second-order valence-electron chi connectivity index (χ2n) is 4.00. The molecule has 17 heavy (non-hydrogen) atoms. The Balaban J connectivity index is 0.00000144. The maximum Gasteiger partial charge on any atom is 0.212 e. The first kappa shape index (κ1) is 14.1. The zero-order valence-corrected chi connectivity index (χ0v) is 11.3. The minimum atomic E-state index is -0.712. The van der Waals surface area contributed by atoms with Gasteiger partial charge in [0.2, 0.25) is 5.52 Å². The van der Waals surface area contributed by atoms with Crippen molar-refractivity contribution in [1.29, 1.82) is 0 Å². The van der Waals surface area contributed by atoms with Crippen molar-refractivity contribution in [2.75, 3.05) is 6.61 Å². The smallest absolute Gasteiger partial charge is 0.212 e. The van der Waals surface area contributed by atoms with Crippen LogP contribution in [0.4, 0.5) is 0 Å². The maximum absolute atomic E-state index is 9.47. The highest BCUT2D eigenvalue weighted by atomic mass is 79.9. The van der Waals surface area contributed by atoms with Crippen molar-refractivity contribution in [3.63, 3.8) is 0 Å². The largest absolute Gasteiger partial charge is 1.00 e. The Morgan fingerprint density at radius 2 is 1.94 bits per heavy atom. The van der Waals surface area contributed by atoms with Crippen molar-refractivity contribution in [2.24, 2.45) is 0 Å². The fraction of sp³-hybridized carbons (Fsp3) is 0.308. The number of nitrogens with zero attached hydrogens (tertiary/aromatic N) is 1. The van der Waals surface area contributed by atoms with Crippen molar-refractivity contribution < 1.29 is 31.8 Å². The molecule has 2 aromatic rings. The third-order valence-corrected chi connectivity index (χ3v) is 2.76. The molecule has 1 atom stereocenters. The lowest BCUT2D eigenvalue weighted by molar-refractivity contribution is -0.678. The second kappa shape index (κ2) is 6.10. The summed E-state index contributed by atoms with van der Waals surface area (Å²) in [5.41, 5.74) is 2.29. The number of hydrogen-bond acceptors (Lipinski definition) is 2. The van der Waals surface area contributed by atoms with Gasteiger partial charge < -0.3 is 27.2 Å². The van der Waals surface area contributed by atoms with Gasteiger partial charge in [-0.1, -0.05) is 12.1 Å². The summed E-state index contributed by atoms with van der Waals surface area (Å²) in [4.78, 5) is 0. The maximum atomic E-state index is 9.47. The molecule has 0 aliphatic heterocycles. The lowest BCUT2D eigenvalue weighted by Crippen LogP contribution is -3.00. The molecule has 1 aromatic heterocycles. The third-order valence-electron chi connectivity index (χ3n) is 2.76. The topological polar surface area (TPSA) is 44.3 Å². The predicted octanol–water partition coefficient (Wildman–Crippen LogP) is -2.21. The van der Waals surface area contributed by atoms with Crippen LogP contribution in [0.25, 0.3) is 10.9 Å². The highest BCUT2D eigenvalue weighted by Gasteiger charge is 2.14. The van der Waals surface area contributed by atoms with Crippen LogP contribution < -0.4 is 21.5 Å². The van der Waals surface area contributed by atoms with Gasteiger partial charge in [-0.15, -0.1) is 0 Å². The molecule has 2 rings (SSSR count). The van der Waals surface area contributed by atoms with Crippen molar-refractivity contribution in [2.45, 2.75) is 19.6 Å². The molecule has 0 radical (unpaired) electrons. The van der Waals surface area contributed by atoms with Gasteiger partial charge in [0.1, 0.15) is 6.10 Å². The van der Waals surface area contributed by atoms with Crippen molar-refractivity contribution in [1.82, 2.24) is 0 Å². The van der Waals surface area contributed by atoms with E-state index >= 15 is 0 Å². The predicted molar refractivity (Wildman–Crippen MR) is 62.0 cm³/mol. The van der Waals surface area contributed by atoms with E-state index in [0.717, 1.165) is 5.52 Å². The third kappa shape index (κ3) is 3.03. The summed E-state index contributed by atoms with van der Waals surface area (Å²) in [5.74, 6) is 0. The molecule has 0 amide bonds. The van der Waals surface area contributed by atoms with Gasteiger partial charge in [-0.2, -0.15) is 4.57 Å². The Morgan fingerprint density at radius 3 is 2.65 bits per heavy atom. The van der Waals surface area contributed by atoms with Crippen LogP contribution in [-0.4, -0.2) is 22.9 Å². The van der Waals surface area contributed by atoms with E-state index < -0.39 is 6.10 Å². The Hall–Kier alpha value is -0.970. The Kier molecular flexibility index (Phi) is 5.05. The molecular formula is C13H16BrNO2. The molecular weight excluding hydrogens is 282 g/mol. The summed E-state index contributed by atoms with van der Waals surface area (Å²) in [6.07, 6.45) is 1.23. The molecule has 0 fully saturated rings. The number of aromatic nitrogens is 1. The second-order valence-corrected chi connectivity index (χ2v) is 4.00. The van der Waals surface area contributed by atoms with Gasteiger partial charge in [0.15, 0.2) is 12.7 Å². The van der Waals surface area contributed by atoms with E-state index in [-0.39, 0.29) is 23.6 Å². The van der Waals surface area contributed by atoms with Crippen LogP contribution >= 0.6 is 0 Å². The number of aliphatic hydroxyl groups is 2. The lowest BCUT2D eigenvalue weighted by atomic mass is 10.1. The Bertz CT molecular complexity index is 502. The molecule has 3 nitrogen and oxygen atoms in total. The van der Waals surface area contributed by atoms with Gasteiger partial charge in [0, 0.05) is 17.5 Å². The number of para-hydroxylation sites is 1. The highest BCUT2D eigenvalue weighted by Crippen LogP contribution is 2.13. The molecule has 1 aromatic carbocycles. The van der Waals surface area contributed by atoms with E-state index in [1.807, 2.05) is 35.0 Å². The average Bonchev–Trinajstić information content (AvgIpc) is 2.33. The summed E-state index contributed by atoms with van der Waals surface area (Å²) in [6, 6.07) is 10.1.